The summed E-state index contributed by atoms with van der Waals surface area (Å²) in [7, 11) is 0. The first-order chi connectivity index (χ1) is 13.7. The Morgan fingerprint density at radius 3 is 2.31 bits per heavy atom. The van der Waals surface area contributed by atoms with Crippen LogP contribution in [0, 0.1) is 17.5 Å². The molecule has 4 nitrogen and oxygen atoms in total. The molecule has 0 saturated heterocycles. The maximum Gasteiger partial charge on any atom is 0.258 e. The number of anilines is 3. The molecule has 1 heterocycles. The van der Waals surface area contributed by atoms with Gasteiger partial charge in [0, 0.05) is 5.69 Å². The maximum absolute atomic E-state index is 13.8. The first-order valence-electron chi connectivity index (χ1n) is 8.94. The van der Waals surface area contributed by atoms with Crippen LogP contribution in [-0.2, 0) is 5.41 Å². The van der Waals surface area contributed by atoms with E-state index in [0.29, 0.717) is 11.9 Å². The van der Waals surface area contributed by atoms with E-state index in [4.69, 9.17) is 0 Å². The number of aromatic nitrogens is 1. The Morgan fingerprint density at radius 2 is 1.66 bits per heavy atom. The Labute approximate surface area is 166 Å². The van der Waals surface area contributed by atoms with Crippen LogP contribution < -0.4 is 10.6 Å². The van der Waals surface area contributed by atoms with Gasteiger partial charge >= 0.3 is 0 Å². The third-order valence-corrected chi connectivity index (χ3v) is 4.30. The van der Waals surface area contributed by atoms with Gasteiger partial charge in [-0.25, -0.2) is 18.2 Å². The van der Waals surface area contributed by atoms with Crippen LogP contribution in [0.1, 0.15) is 36.7 Å². The summed E-state index contributed by atoms with van der Waals surface area (Å²) < 4.78 is 40.1. The fourth-order valence-electron chi connectivity index (χ4n) is 2.83. The molecule has 2 N–H and O–H groups in total. The zero-order valence-electron chi connectivity index (χ0n) is 16.2. The Morgan fingerprint density at radius 1 is 0.931 bits per heavy atom. The lowest BCUT2D eigenvalue weighted by atomic mass is 9.86. The monoisotopic (exact) mass is 399 g/mol. The summed E-state index contributed by atoms with van der Waals surface area (Å²) in [6.07, 6.45) is 1.39. The maximum atomic E-state index is 13.8. The lowest BCUT2D eigenvalue weighted by molar-refractivity contribution is 0.102. The summed E-state index contributed by atoms with van der Waals surface area (Å²) in [6.45, 7) is 6.32. The Kier molecular flexibility index (Phi) is 5.59. The van der Waals surface area contributed by atoms with Gasteiger partial charge in [-0.1, -0.05) is 39.0 Å². The summed E-state index contributed by atoms with van der Waals surface area (Å²) in [5, 5.41) is 5.65. The minimum absolute atomic E-state index is 0.0635. The molecule has 7 heteroatoms. The number of carbonyl (C=O) groups is 1. The number of carbonyl (C=O) groups excluding carboxylic acids is 1. The highest BCUT2D eigenvalue weighted by atomic mass is 19.2. The number of hydrogen-bond donors (Lipinski definition) is 2. The smallest absolute Gasteiger partial charge is 0.258 e. The molecule has 29 heavy (non-hydrogen) atoms. The van der Waals surface area contributed by atoms with E-state index < -0.39 is 28.9 Å². The molecule has 3 rings (SSSR count). The summed E-state index contributed by atoms with van der Waals surface area (Å²) in [4.78, 5) is 16.4. The SMILES string of the molecule is CC(C)(C)c1ccccc1Nc1ccc(NC(=O)c2ccc(F)c(F)c2F)cn1. The largest absolute Gasteiger partial charge is 0.340 e. The Hall–Kier alpha value is -3.35. The highest BCUT2D eigenvalue weighted by Gasteiger charge is 2.19. The first-order valence-corrected chi connectivity index (χ1v) is 8.94. The molecule has 0 bridgehead atoms. The van der Waals surface area contributed by atoms with Crippen LogP contribution in [0.25, 0.3) is 0 Å². The van der Waals surface area contributed by atoms with E-state index in [0.717, 1.165) is 17.3 Å². The quantitative estimate of drug-likeness (QED) is 0.546. The zero-order valence-corrected chi connectivity index (χ0v) is 16.2. The van der Waals surface area contributed by atoms with Gasteiger partial charge in [-0.2, -0.15) is 0 Å². The number of rotatable bonds is 4. The highest BCUT2D eigenvalue weighted by Crippen LogP contribution is 2.31. The summed E-state index contributed by atoms with van der Waals surface area (Å²) in [6, 6.07) is 12.7. The van der Waals surface area contributed by atoms with E-state index in [1.54, 1.807) is 12.1 Å². The third kappa shape index (κ3) is 4.56. The minimum atomic E-state index is -1.69. The number of halogens is 3. The molecule has 0 atom stereocenters. The van der Waals surface area contributed by atoms with Gasteiger partial charge in [0.05, 0.1) is 17.4 Å². The van der Waals surface area contributed by atoms with Crippen LogP contribution in [0.4, 0.5) is 30.4 Å². The molecule has 0 aliphatic carbocycles. The van der Waals surface area contributed by atoms with Gasteiger partial charge in [0.15, 0.2) is 17.5 Å². The van der Waals surface area contributed by atoms with Crippen LogP contribution in [-0.4, -0.2) is 10.9 Å². The minimum Gasteiger partial charge on any atom is -0.340 e. The van der Waals surface area contributed by atoms with Crippen molar-refractivity contribution in [3.05, 3.63) is 83.3 Å². The van der Waals surface area contributed by atoms with Gasteiger partial charge in [-0.15, -0.1) is 0 Å². The molecule has 0 saturated carbocycles. The molecule has 0 spiro atoms. The van der Waals surface area contributed by atoms with Crippen LogP contribution in [0.3, 0.4) is 0 Å². The molecule has 0 radical (unpaired) electrons. The lowest BCUT2D eigenvalue weighted by Crippen LogP contribution is -2.15. The number of hydrogen-bond acceptors (Lipinski definition) is 3. The average molecular weight is 399 g/mol. The van der Waals surface area contributed by atoms with Gasteiger partial charge in [-0.3, -0.25) is 4.79 Å². The van der Waals surface area contributed by atoms with Crippen LogP contribution in [0.5, 0.6) is 0 Å². The topological polar surface area (TPSA) is 54.0 Å². The van der Waals surface area contributed by atoms with Gasteiger partial charge in [-0.05, 0) is 41.3 Å². The molecule has 0 aliphatic rings. The number of pyridine rings is 1. The average Bonchev–Trinajstić information content (AvgIpc) is 2.67. The van der Waals surface area contributed by atoms with Crippen molar-refractivity contribution < 1.29 is 18.0 Å². The Balaban J connectivity index is 1.75. The molecular formula is C22H20F3N3O. The van der Waals surface area contributed by atoms with Crippen molar-refractivity contribution >= 4 is 23.1 Å². The van der Waals surface area contributed by atoms with E-state index in [1.807, 2.05) is 24.3 Å². The standard InChI is InChI=1S/C22H20F3N3O/c1-22(2,3)15-6-4-5-7-17(15)28-18-11-8-13(12-26-18)27-21(29)14-9-10-16(23)20(25)19(14)24/h4-12H,1-3H3,(H,26,28)(H,27,29). The molecule has 150 valence electrons. The van der Waals surface area contributed by atoms with E-state index >= 15 is 0 Å². The number of para-hydroxylation sites is 1. The summed E-state index contributed by atoms with van der Waals surface area (Å²) >= 11 is 0. The number of nitrogens with one attached hydrogen (secondary N) is 2. The normalized spacial score (nSPS) is 11.2. The zero-order chi connectivity index (χ0) is 21.2. The molecular weight excluding hydrogens is 379 g/mol. The molecule has 0 aliphatic heterocycles. The van der Waals surface area contributed by atoms with Gasteiger partial charge in [0.2, 0.25) is 0 Å². The predicted octanol–water partition coefficient (Wildman–Crippen LogP) is 5.79. The molecule has 2 aromatic carbocycles. The van der Waals surface area contributed by atoms with Crippen molar-refractivity contribution in [1.82, 2.24) is 4.98 Å². The molecule has 1 amide bonds. The molecule has 0 unspecified atom stereocenters. The van der Waals surface area contributed by atoms with Crippen molar-refractivity contribution in [2.75, 3.05) is 10.6 Å². The van der Waals surface area contributed by atoms with E-state index in [1.165, 1.54) is 6.20 Å². The summed E-state index contributed by atoms with van der Waals surface area (Å²) in [5.41, 5.74) is 1.66. The Bertz CT molecular complexity index is 1040. The second kappa shape index (κ2) is 7.95. The second-order valence-electron chi connectivity index (χ2n) is 7.53. The number of benzene rings is 2. The summed E-state index contributed by atoms with van der Waals surface area (Å²) in [5.74, 6) is -4.92. The van der Waals surface area contributed by atoms with E-state index in [-0.39, 0.29) is 11.1 Å². The van der Waals surface area contributed by atoms with Crippen LogP contribution in [0.2, 0.25) is 0 Å². The van der Waals surface area contributed by atoms with Crippen LogP contribution in [0.15, 0.2) is 54.7 Å². The molecule has 0 fully saturated rings. The van der Waals surface area contributed by atoms with Gasteiger partial charge in [0.1, 0.15) is 5.82 Å². The first kappa shape index (κ1) is 20.4. The van der Waals surface area contributed by atoms with Gasteiger partial charge < -0.3 is 10.6 Å². The lowest BCUT2D eigenvalue weighted by Gasteiger charge is -2.23. The van der Waals surface area contributed by atoms with Crippen molar-refractivity contribution in [2.45, 2.75) is 26.2 Å². The van der Waals surface area contributed by atoms with Crippen molar-refractivity contribution in [1.29, 1.82) is 0 Å². The van der Waals surface area contributed by atoms with Crippen molar-refractivity contribution in [2.24, 2.45) is 0 Å². The third-order valence-electron chi connectivity index (χ3n) is 4.30. The van der Waals surface area contributed by atoms with Crippen LogP contribution >= 0.6 is 0 Å². The second-order valence-corrected chi connectivity index (χ2v) is 7.53. The number of nitrogens with zero attached hydrogens (tertiary/aromatic N) is 1. The molecule has 3 aromatic rings. The predicted molar refractivity (Wildman–Crippen MR) is 107 cm³/mol. The number of amides is 1. The van der Waals surface area contributed by atoms with Gasteiger partial charge in [0.25, 0.3) is 5.91 Å². The highest BCUT2D eigenvalue weighted by molar-refractivity contribution is 6.04. The van der Waals surface area contributed by atoms with Crippen molar-refractivity contribution in [3.63, 3.8) is 0 Å². The van der Waals surface area contributed by atoms with E-state index in [2.05, 4.69) is 36.4 Å². The fraction of sp³-hybridized carbons (Fsp3) is 0.182. The fourth-order valence-corrected chi connectivity index (χ4v) is 2.83. The van der Waals surface area contributed by atoms with Crippen molar-refractivity contribution in [3.8, 4) is 0 Å². The van der Waals surface area contributed by atoms with E-state index in [9.17, 15) is 18.0 Å². The molecule has 1 aromatic heterocycles.